The van der Waals surface area contributed by atoms with Gasteiger partial charge in [-0.25, -0.2) is 4.98 Å². The Morgan fingerprint density at radius 2 is 1.78 bits per heavy atom. The second-order valence-electron chi connectivity index (χ2n) is 10.9. The Balaban J connectivity index is 1.75. The monoisotopic (exact) mass is 516 g/mol. The van der Waals surface area contributed by atoms with Crippen molar-refractivity contribution in [2.75, 3.05) is 19.7 Å². The summed E-state index contributed by atoms with van der Waals surface area (Å²) in [5.74, 6) is -2.19. The largest absolute Gasteiger partial charge is 0.466 e. The van der Waals surface area contributed by atoms with Crippen molar-refractivity contribution in [3.8, 4) is 0 Å². The van der Waals surface area contributed by atoms with Gasteiger partial charge in [0.1, 0.15) is 17.8 Å². The molecule has 0 spiro atoms. The summed E-state index contributed by atoms with van der Waals surface area (Å²) in [5, 5.41) is 11.8. The van der Waals surface area contributed by atoms with Gasteiger partial charge < -0.3 is 26.0 Å². The Labute approximate surface area is 218 Å². The van der Waals surface area contributed by atoms with Gasteiger partial charge in [-0.3, -0.25) is 24.2 Å². The molecule has 1 aliphatic carbocycles. The fourth-order valence-electron chi connectivity index (χ4n) is 5.00. The van der Waals surface area contributed by atoms with Crippen molar-refractivity contribution >= 4 is 23.7 Å². The van der Waals surface area contributed by atoms with E-state index in [2.05, 4.69) is 31.2 Å². The first kappa shape index (κ1) is 28.5. The highest BCUT2D eigenvalue weighted by Crippen LogP contribution is 2.28. The molecule has 2 unspecified atom stereocenters. The predicted octanol–water partition coefficient (Wildman–Crippen LogP) is 0.954. The van der Waals surface area contributed by atoms with Crippen LogP contribution < -0.4 is 21.3 Å². The van der Waals surface area contributed by atoms with Gasteiger partial charge in [-0.15, -0.1) is 0 Å². The van der Waals surface area contributed by atoms with Crippen LogP contribution in [0.25, 0.3) is 0 Å². The minimum absolute atomic E-state index is 0.0507. The van der Waals surface area contributed by atoms with E-state index in [-0.39, 0.29) is 30.1 Å². The Morgan fingerprint density at radius 3 is 2.41 bits per heavy atom. The second-order valence-corrected chi connectivity index (χ2v) is 10.9. The van der Waals surface area contributed by atoms with E-state index in [4.69, 9.17) is 4.74 Å². The van der Waals surface area contributed by atoms with Crippen LogP contribution in [0, 0.1) is 17.3 Å². The van der Waals surface area contributed by atoms with Crippen molar-refractivity contribution in [3.05, 3.63) is 24.3 Å². The average Bonchev–Trinajstić information content (AvgIpc) is 3.34. The number of esters is 1. The molecular weight excluding hydrogens is 476 g/mol. The molecule has 1 saturated heterocycles. The maximum Gasteiger partial charge on any atom is 0.312 e. The van der Waals surface area contributed by atoms with Gasteiger partial charge in [-0.1, -0.05) is 40.0 Å². The third kappa shape index (κ3) is 7.70. The molecule has 1 aliphatic heterocycles. The van der Waals surface area contributed by atoms with Gasteiger partial charge in [0, 0.05) is 25.5 Å². The van der Waals surface area contributed by atoms with Gasteiger partial charge in [0.2, 0.25) is 11.8 Å². The van der Waals surface area contributed by atoms with E-state index in [9.17, 15) is 19.2 Å². The van der Waals surface area contributed by atoms with Crippen LogP contribution in [-0.2, 0) is 19.1 Å². The van der Waals surface area contributed by atoms with E-state index >= 15 is 0 Å². The maximum atomic E-state index is 13.6. The minimum atomic E-state index is -0.886. The van der Waals surface area contributed by atoms with Crippen molar-refractivity contribution in [3.63, 3.8) is 0 Å². The zero-order valence-electron chi connectivity index (χ0n) is 22.2. The Bertz CT molecular complexity index is 945. The van der Waals surface area contributed by atoms with Gasteiger partial charge >= 0.3 is 5.97 Å². The standard InChI is InChI=1S/C26H40N6O5/c1-5-37-25(36)17-13-28-14-18(17)30-24(35)21(26(2,3)4)32-23(34)20(16-9-7-6-8-10-16)31-22(33)19-15-27-11-12-29-19/h11-12,15-18,20-21,28H,5-10,13-14H2,1-4H3,(H,30,35)(H,31,33)(H,32,34)/t17?,18-,20-,21?/m0/s1. The van der Waals surface area contributed by atoms with Crippen molar-refractivity contribution in [2.24, 2.45) is 17.3 Å². The van der Waals surface area contributed by atoms with Crippen LogP contribution in [0.5, 0.6) is 0 Å². The number of carbonyl (C=O) groups is 4. The number of aromatic nitrogens is 2. The molecule has 4 atom stereocenters. The fraction of sp³-hybridized carbons (Fsp3) is 0.692. The lowest BCUT2D eigenvalue weighted by atomic mass is 9.82. The average molecular weight is 517 g/mol. The first-order valence-electron chi connectivity index (χ1n) is 13.2. The third-order valence-electron chi connectivity index (χ3n) is 7.03. The van der Waals surface area contributed by atoms with Crippen LogP contribution in [0.2, 0.25) is 0 Å². The SMILES string of the molecule is CCOC(=O)C1CNC[C@@H]1NC(=O)C(NC(=O)[C@@H](NC(=O)c1cnccn1)C1CCCCC1)C(C)(C)C. The molecule has 0 radical (unpaired) electrons. The van der Waals surface area contributed by atoms with E-state index < -0.39 is 41.3 Å². The molecule has 2 aliphatic rings. The molecule has 3 rings (SSSR count). The van der Waals surface area contributed by atoms with Crippen LogP contribution in [-0.4, -0.2) is 71.5 Å². The van der Waals surface area contributed by atoms with Gasteiger partial charge in [0.25, 0.3) is 5.91 Å². The van der Waals surface area contributed by atoms with Gasteiger partial charge in [-0.2, -0.15) is 0 Å². The zero-order valence-corrected chi connectivity index (χ0v) is 22.2. The quantitative estimate of drug-likeness (QED) is 0.354. The van der Waals surface area contributed by atoms with E-state index in [1.165, 1.54) is 18.6 Å². The van der Waals surface area contributed by atoms with Gasteiger partial charge in [0.05, 0.1) is 24.8 Å². The van der Waals surface area contributed by atoms with E-state index in [1.54, 1.807) is 6.92 Å². The molecule has 2 fully saturated rings. The summed E-state index contributed by atoms with van der Waals surface area (Å²) < 4.78 is 5.15. The lowest BCUT2D eigenvalue weighted by molar-refractivity contribution is -0.148. The van der Waals surface area contributed by atoms with E-state index in [0.29, 0.717) is 13.1 Å². The highest BCUT2D eigenvalue weighted by atomic mass is 16.5. The number of hydrogen-bond donors (Lipinski definition) is 4. The van der Waals surface area contributed by atoms with Crippen LogP contribution in [0.4, 0.5) is 0 Å². The predicted molar refractivity (Wildman–Crippen MR) is 136 cm³/mol. The lowest BCUT2D eigenvalue weighted by Crippen LogP contribution is -2.61. The molecule has 2 heterocycles. The van der Waals surface area contributed by atoms with Crippen molar-refractivity contribution in [1.82, 2.24) is 31.2 Å². The Hall–Kier alpha value is -3.08. The molecule has 204 valence electrons. The smallest absolute Gasteiger partial charge is 0.312 e. The maximum absolute atomic E-state index is 13.6. The first-order valence-corrected chi connectivity index (χ1v) is 13.2. The summed E-state index contributed by atoms with van der Waals surface area (Å²) in [4.78, 5) is 60.3. The number of nitrogens with one attached hydrogen (secondary N) is 4. The Kier molecular flexibility index (Phi) is 9.96. The van der Waals surface area contributed by atoms with E-state index in [1.807, 2.05) is 20.8 Å². The molecule has 11 nitrogen and oxygen atoms in total. The fourth-order valence-corrected chi connectivity index (χ4v) is 5.00. The summed E-state index contributed by atoms with van der Waals surface area (Å²) in [6.07, 6.45) is 8.90. The number of hydrogen-bond acceptors (Lipinski definition) is 8. The third-order valence-corrected chi connectivity index (χ3v) is 7.03. The summed E-state index contributed by atoms with van der Waals surface area (Å²) in [6.45, 7) is 8.43. The number of carbonyl (C=O) groups excluding carboxylic acids is 4. The molecule has 4 N–H and O–H groups in total. The van der Waals surface area contributed by atoms with Crippen molar-refractivity contribution in [1.29, 1.82) is 0 Å². The number of amides is 3. The molecule has 3 amide bonds. The highest BCUT2D eigenvalue weighted by molar-refractivity contribution is 5.97. The Morgan fingerprint density at radius 1 is 1.05 bits per heavy atom. The summed E-state index contributed by atoms with van der Waals surface area (Å²) >= 11 is 0. The number of ether oxygens (including phenoxy) is 1. The molecule has 1 aromatic heterocycles. The van der Waals surface area contributed by atoms with E-state index in [0.717, 1.165) is 32.1 Å². The summed E-state index contributed by atoms with van der Waals surface area (Å²) in [6, 6.07) is -2.14. The molecule has 0 aromatic carbocycles. The molecular formula is C26H40N6O5. The van der Waals surface area contributed by atoms with Crippen LogP contribution >= 0.6 is 0 Å². The lowest BCUT2D eigenvalue weighted by Gasteiger charge is -2.35. The van der Waals surface area contributed by atoms with Crippen LogP contribution in [0.3, 0.4) is 0 Å². The topological polar surface area (TPSA) is 151 Å². The summed E-state index contributed by atoms with van der Waals surface area (Å²) in [5.41, 5.74) is -0.503. The minimum Gasteiger partial charge on any atom is -0.466 e. The molecule has 1 saturated carbocycles. The highest BCUT2D eigenvalue weighted by Gasteiger charge is 2.41. The molecule has 0 bridgehead atoms. The van der Waals surface area contributed by atoms with Crippen LogP contribution in [0.15, 0.2) is 18.6 Å². The summed E-state index contributed by atoms with van der Waals surface area (Å²) in [7, 11) is 0. The molecule has 1 aromatic rings. The normalized spacial score (nSPS) is 21.9. The van der Waals surface area contributed by atoms with Crippen LogP contribution in [0.1, 0.15) is 70.3 Å². The number of nitrogens with zero attached hydrogens (tertiary/aromatic N) is 2. The van der Waals surface area contributed by atoms with Gasteiger partial charge in [0.15, 0.2) is 0 Å². The van der Waals surface area contributed by atoms with Crippen molar-refractivity contribution in [2.45, 2.75) is 77.9 Å². The second kappa shape index (κ2) is 12.9. The van der Waals surface area contributed by atoms with Crippen molar-refractivity contribution < 1.29 is 23.9 Å². The number of rotatable bonds is 9. The zero-order chi connectivity index (χ0) is 27.0. The molecule has 37 heavy (non-hydrogen) atoms. The van der Waals surface area contributed by atoms with Gasteiger partial charge in [-0.05, 0) is 31.1 Å². The molecule has 11 heteroatoms. The first-order chi connectivity index (χ1) is 17.6.